The van der Waals surface area contributed by atoms with Crippen LogP contribution in [0, 0.1) is 0 Å². The number of methoxy groups -OCH3 is 1. The largest absolute Gasteiger partial charge is 0.465 e. The zero-order valence-electron chi connectivity index (χ0n) is 31.3. The molecule has 3 aliphatic rings. The maximum absolute atomic E-state index is 13.7. The smallest absolute Gasteiger partial charge is 0.348 e. The van der Waals surface area contributed by atoms with Crippen LogP contribution in [-0.2, 0) is 40.0 Å². The van der Waals surface area contributed by atoms with Gasteiger partial charge in [0.2, 0.25) is 0 Å². The molecule has 57 heavy (non-hydrogen) atoms. The third-order valence-corrected chi connectivity index (χ3v) is 15.0. The molecule has 12 nitrogen and oxygen atoms in total. The lowest BCUT2D eigenvalue weighted by atomic mass is 10.0. The van der Waals surface area contributed by atoms with Crippen LogP contribution in [0.1, 0.15) is 102 Å². The summed E-state index contributed by atoms with van der Waals surface area (Å²) in [6, 6.07) is 7.48. The lowest BCUT2D eigenvalue weighted by molar-refractivity contribution is 0.0283. The van der Waals surface area contributed by atoms with Crippen molar-refractivity contribution in [2.24, 2.45) is 0 Å². The van der Waals surface area contributed by atoms with E-state index >= 15 is 0 Å². The van der Waals surface area contributed by atoms with Gasteiger partial charge in [-0.2, -0.15) is 15.3 Å². The van der Waals surface area contributed by atoms with E-state index < -0.39 is 12.1 Å². The Morgan fingerprint density at radius 3 is 1.75 bits per heavy atom. The van der Waals surface area contributed by atoms with Gasteiger partial charge >= 0.3 is 17.9 Å². The van der Waals surface area contributed by atoms with E-state index in [0.717, 1.165) is 82.2 Å². The molecule has 0 bridgehead atoms. The quantitative estimate of drug-likeness (QED) is 0.103. The maximum Gasteiger partial charge on any atom is 0.348 e. The number of hydrogen-bond donors (Lipinski definition) is 0. The first-order valence-electron chi connectivity index (χ1n) is 18.9. The lowest BCUT2D eigenvalue weighted by Gasteiger charge is -2.22. The summed E-state index contributed by atoms with van der Waals surface area (Å²) < 4.78 is 22.8. The Kier molecular flexibility index (Phi) is 10.4. The van der Waals surface area contributed by atoms with Crippen LogP contribution in [0.15, 0.2) is 42.9 Å². The number of carbonyl (C=O) groups is 3. The molecular formula is C40H38Cl2N6O6S3. The first-order valence-corrected chi connectivity index (χ1v) is 22.1. The molecule has 17 heteroatoms. The summed E-state index contributed by atoms with van der Waals surface area (Å²) in [5.41, 5.74) is 5.35. The van der Waals surface area contributed by atoms with Crippen molar-refractivity contribution in [2.75, 3.05) is 7.11 Å². The zero-order chi connectivity index (χ0) is 39.5. The van der Waals surface area contributed by atoms with Crippen LogP contribution in [0.25, 0.3) is 33.8 Å². The van der Waals surface area contributed by atoms with Gasteiger partial charge in [-0.15, -0.1) is 34.0 Å². The van der Waals surface area contributed by atoms with E-state index in [4.69, 9.17) is 37.4 Å². The van der Waals surface area contributed by atoms with Gasteiger partial charge in [-0.25, -0.2) is 14.4 Å². The van der Waals surface area contributed by atoms with Gasteiger partial charge in [0.05, 0.1) is 58.7 Å². The highest BCUT2D eigenvalue weighted by atomic mass is 35.5. The number of ether oxygens (including phenoxy) is 3. The fourth-order valence-corrected chi connectivity index (χ4v) is 12.1. The second kappa shape index (κ2) is 15.5. The Hall–Kier alpha value is -4.28. The highest BCUT2D eigenvalue weighted by Crippen LogP contribution is 2.45. The van der Waals surface area contributed by atoms with Gasteiger partial charge in [-0.3, -0.25) is 14.0 Å². The molecular weight excluding hydrogens is 828 g/mol. The van der Waals surface area contributed by atoms with Crippen molar-refractivity contribution in [1.82, 2.24) is 29.3 Å². The number of fused-ring (bicyclic) bond motifs is 9. The number of nitrogens with zero attached hydrogens (tertiary/aromatic N) is 6. The molecule has 0 radical (unpaired) electrons. The molecule has 9 heterocycles. The monoisotopic (exact) mass is 864 g/mol. The minimum atomic E-state index is -0.419. The van der Waals surface area contributed by atoms with Gasteiger partial charge in [-0.05, 0) is 76.6 Å². The fraction of sp³-hybridized carbons (Fsp3) is 0.400. The number of aromatic nitrogens is 6. The van der Waals surface area contributed by atoms with Gasteiger partial charge in [0.1, 0.15) is 26.8 Å². The number of esters is 3. The summed E-state index contributed by atoms with van der Waals surface area (Å²) in [5, 5.41) is 14.7. The first-order chi connectivity index (χ1) is 27.6. The van der Waals surface area contributed by atoms with E-state index in [1.807, 2.05) is 52.2 Å². The van der Waals surface area contributed by atoms with Crippen LogP contribution in [0.3, 0.4) is 0 Å². The Morgan fingerprint density at radius 2 is 1.23 bits per heavy atom. The number of carbonyl (C=O) groups excluding carboxylic acids is 3. The number of thiophene rings is 3. The molecule has 4 atom stereocenters. The molecule has 0 saturated heterocycles. The Bertz CT molecular complexity index is 2530. The van der Waals surface area contributed by atoms with E-state index in [1.165, 1.54) is 46.0 Å². The molecule has 0 aliphatic carbocycles. The van der Waals surface area contributed by atoms with Crippen LogP contribution < -0.4 is 0 Å². The van der Waals surface area contributed by atoms with Crippen molar-refractivity contribution >= 4 is 75.1 Å². The van der Waals surface area contributed by atoms with Crippen molar-refractivity contribution in [3.63, 3.8) is 0 Å². The van der Waals surface area contributed by atoms with E-state index in [9.17, 15) is 14.4 Å². The standard InChI is InChI=1S/C40H38Cl2N6O6S3/c1-20(53-39(50)34-15-24-29-10-11-43-46(29)12-4-5-30(24)55-34)13-23-7-9-32-26(37-28(42)19-45-48(23)37)17-35(57-32)40(51)54-21(2)14-22-6-8-31-25(16-33(56-31)38(49)52-3)36-27(41)18-44-47(22)36/h10-11,15-23H,4-9,12-14H2,1-3H3. The normalized spacial score (nSPS) is 18.0. The molecule has 0 aromatic carbocycles. The molecule has 9 rings (SSSR count). The first kappa shape index (κ1) is 38.2. The van der Waals surface area contributed by atoms with Gasteiger partial charge in [0.25, 0.3) is 0 Å². The molecule has 4 unspecified atom stereocenters. The van der Waals surface area contributed by atoms with Crippen molar-refractivity contribution in [3.05, 3.63) is 82.2 Å². The predicted molar refractivity (Wildman–Crippen MR) is 220 cm³/mol. The van der Waals surface area contributed by atoms with E-state index in [2.05, 4.69) is 15.3 Å². The molecule has 6 aromatic rings. The van der Waals surface area contributed by atoms with Gasteiger partial charge in [0.15, 0.2) is 0 Å². The van der Waals surface area contributed by atoms with E-state index in [1.54, 1.807) is 18.6 Å². The highest BCUT2D eigenvalue weighted by molar-refractivity contribution is 7.15. The number of halogens is 2. The van der Waals surface area contributed by atoms with Crippen molar-refractivity contribution in [1.29, 1.82) is 0 Å². The Morgan fingerprint density at radius 1 is 0.737 bits per heavy atom. The SMILES string of the molecule is COC(=O)c1cc2c(s1)CCC(CC(C)OC(=O)c1cc3c(s1)CCC(CC(C)OC(=O)c1cc4c(s1)CCCn1nccc1-4)n1ncc(Cl)c1-3)n1ncc(Cl)c1-2. The Balaban J connectivity index is 0.862. The second-order valence-electron chi connectivity index (χ2n) is 14.7. The van der Waals surface area contributed by atoms with E-state index in [0.29, 0.717) is 43.9 Å². The van der Waals surface area contributed by atoms with Crippen LogP contribution in [0.5, 0.6) is 0 Å². The van der Waals surface area contributed by atoms with Crippen LogP contribution in [0.2, 0.25) is 10.0 Å². The summed E-state index contributed by atoms with van der Waals surface area (Å²) in [7, 11) is 1.37. The van der Waals surface area contributed by atoms with Crippen LogP contribution in [-0.4, -0.2) is 66.6 Å². The molecule has 6 aromatic heterocycles. The highest BCUT2D eigenvalue weighted by Gasteiger charge is 2.33. The minimum absolute atomic E-state index is 0.0724. The Labute approximate surface area is 350 Å². The summed E-state index contributed by atoms with van der Waals surface area (Å²) in [6.45, 7) is 4.68. The van der Waals surface area contributed by atoms with Gasteiger partial charge in [-0.1, -0.05) is 23.2 Å². The average molecular weight is 866 g/mol. The van der Waals surface area contributed by atoms with Gasteiger partial charge < -0.3 is 14.2 Å². The molecule has 0 spiro atoms. The zero-order valence-corrected chi connectivity index (χ0v) is 35.3. The van der Waals surface area contributed by atoms with Crippen LogP contribution in [0.4, 0.5) is 0 Å². The summed E-state index contributed by atoms with van der Waals surface area (Å²) in [4.78, 5) is 44.2. The fourth-order valence-electron chi connectivity index (χ4n) is 8.35. The summed E-state index contributed by atoms with van der Waals surface area (Å²) in [5.74, 6) is -1.10. The van der Waals surface area contributed by atoms with Crippen molar-refractivity contribution < 1.29 is 28.6 Å². The molecule has 0 N–H and O–H groups in total. The number of hydrogen-bond acceptors (Lipinski definition) is 12. The maximum atomic E-state index is 13.7. The van der Waals surface area contributed by atoms with Crippen LogP contribution >= 0.6 is 57.2 Å². The number of rotatable bonds is 9. The number of aryl methyl sites for hydroxylation is 4. The lowest BCUT2D eigenvalue weighted by Crippen LogP contribution is -2.22. The van der Waals surface area contributed by atoms with Crippen molar-refractivity contribution in [3.8, 4) is 33.8 Å². The molecule has 3 aliphatic heterocycles. The van der Waals surface area contributed by atoms with E-state index in [-0.39, 0.29) is 30.1 Å². The topological polar surface area (TPSA) is 132 Å². The minimum Gasteiger partial charge on any atom is -0.465 e. The third-order valence-electron chi connectivity index (χ3n) is 10.9. The predicted octanol–water partition coefficient (Wildman–Crippen LogP) is 9.75. The van der Waals surface area contributed by atoms with Crippen molar-refractivity contribution in [2.45, 2.75) is 96.1 Å². The molecule has 0 amide bonds. The van der Waals surface area contributed by atoms with Gasteiger partial charge in [0, 0.05) is 56.9 Å². The molecule has 0 fully saturated rings. The molecule has 0 saturated carbocycles. The average Bonchev–Trinajstić information content (AvgIpc) is 4.04. The summed E-state index contributed by atoms with van der Waals surface area (Å²) in [6.07, 6.45) is 10.1. The molecule has 296 valence electrons. The third kappa shape index (κ3) is 7.15. The summed E-state index contributed by atoms with van der Waals surface area (Å²) >= 11 is 17.8. The second-order valence-corrected chi connectivity index (χ2v) is 19.0.